The quantitative estimate of drug-likeness (QED) is 0.912. The summed E-state index contributed by atoms with van der Waals surface area (Å²) in [5.41, 5.74) is -1.34. The topological polar surface area (TPSA) is 49.4 Å². The van der Waals surface area contributed by atoms with Crippen molar-refractivity contribution in [2.24, 2.45) is 0 Å². The highest BCUT2D eigenvalue weighted by Crippen LogP contribution is 2.33. The lowest BCUT2D eigenvalue weighted by atomic mass is 9.97. The first-order valence-electron chi connectivity index (χ1n) is 6.56. The van der Waals surface area contributed by atoms with Gasteiger partial charge in [0, 0.05) is 19.0 Å². The van der Waals surface area contributed by atoms with Crippen molar-refractivity contribution in [3.63, 3.8) is 0 Å². The highest BCUT2D eigenvalue weighted by atomic mass is 35.5. The van der Waals surface area contributed by atoms with E-state index in [1.54, 1.807) is 13.8 Å². The molecule has 1 aliphatic heterocycles. The molecule has 0 bridgehead atoms. The summed E-state index contributed by atoms with van der Waals surface area (Å²) >= 11 is 5.88. The Bertz CT molecular complexity index is 586. The first-order valence-corrected chi connectivity index (χ1v) is 6.94. The normalized spacial score (nSPS) is 23.0. The Morgan fingerprint density at radius 1 is 1.38 bits per heavy atom. The molecule has 1 aromatic carbocycles. The SMILES string of the molecule is CCC1(C)NC(=O)CCN(c2c(F)cc(F)cc2Cl)C1=O. The number of nitrogens with one attached hydrogen (secondary N) is 1. The summed E-state index contributed by atoms with van der Waals surface area (Å²) in [5.74, 6) is -2.52. The van der Waals surface area contributed by atoms with Gasteiger partial charge in [0.1, 0.15) is 11.4 Å². The Morgan fingerprint density at radius 2 is 2.05 bits per heavy atom. The van der Waals surface area contributed by atoms with Crippen molar-refractivity contribution in [3.05, 3.63) is 28.8 Å². The minimum absolute atomic E-state index is 0.0114. The summed E-state index contributed by atoms with van der Waals surface area (Å²) in [5, 5.41) is 2.43. The van der Waals surface area contributed by atoms with E-state index < -0.39 is 23.1 Å². The predicted octanol–water partition coefficient (Wildman–Crippen LogP) is 2.64. The molecule has 4 nitrogen and oxygen atoms in total. The number of carbonyl (C=O) groups excluding carboxylic acids is 2. The summed E-state index contributed by atoms with van der Waals surface area (Å²) < 4.78 is 27.2. The molecule has 0 aliphatic carbocycles. The van der Waals surface area contributed by atoms with Crippen molar-refractivity contribution in [2.75, 3.05) is 11.4 Å². The second-order valence-corrected chi connectivity index (χ2v) is 5.57. The molecule has 114 valence electrons. The third-order valence-corrected chi connectivity index (χ3v) is 3.94. The lowest BCUT2D eigenvalue weighted by Gasteiger charge is -2.31. The fourth-order valence-corrected chi connectivity index (χ4v) is 2.58. The van der Waals surface area contributed by atoms with Gasteiger partial charge in [-0.15, -0.1) is 0 Å². The first kappa shape index (κ1) is 15.7. The molecule has 1 heterocycles. The molecule has 1 fully saturated rings. The van der Waals surface area contributed by atoms with Crippen molar-refractivity contribution in [1.82, 2.24) is 5.32 Å². The predicted molar refractivity (Wildman–Crippen MR) is 75.2 cm³/mol. The van der Waals surface area contributed by atoms with E-state index in [0.717, 1.165) is 11.0 Å². The van der Waals surface area contributed by atoms with Crippen molar-refractivity contribution in [2.45, 2.75) is 32.2 Å². The number of amides is 2. The first-order chi connectivity index (χ1) is 9.78. The lowest BCUT2D eigenvalue weighted by Crippen LogP contribution is -2.55. The van der Waals surface area contributed by atoms with Gasteiger partial charge in [0.25, 0.3) is 5.91 Å². The Morgan fingerprint density at radius 3 is 2.62 bits per heavy atom. The third-order valence-electron chi connectivity index (χ3n) is 3.65. The van der Waals surface area contributed by atoms with E-state index in [-0.39, 0.29) is 29.6 Å². The van der Waals surface area contributed by atoms with Gasteiger partial charge in [-0.3, -0.25) is 9.59 Å². The number of carbonyl (C=O) groups is 2. The molecule has 0 saturated carbocycles. The molecular formula is C14H15ClF2N2O2. The van der Waals surface area contributed by atoms with Crippen LogP contribution < -0.4 is 10.2 Å². The Hall–Kier alpha value is -1.69. The monoisotopic (exact) mass is 316 g/mol. The molecule has 7 heteroatoms. The van der Waals surface area contributed by atoms with Crippen molar-refractivity contribution in [1.29, 1.82) is 0 Å². The Balaban J connectivity index is 2.52. The van der Waals surface area contributed by atoms with Crippen LogP contribution in [0.25, 0.3) is 0 Å². The van der Waals surface area contributed by atoms with E-state index in [4.69, 9.17) is 11.6 Å². The molecule has 2 amide bonds. The molecule has 0 spiro atoms. The van der Waals surface area contributed by atoms with Crippen molar-refractivity contribution >= 4 is 29.1 Å². The van der Waals surface area contributed by atoms with Crippen LogP contribution in [0.2, 0.25) is 5.02 Å². The lowest BCUT2D eigenvalue weighted by molar-refractivity contribution is -0.129. The standard InChI is InChI=1S/C14H15ClF2N2O2/c1-3-14(2)13(21)19(5-4-11(20)18-14)12-9(15)6-8(16)7-10(12)17/h6-7H,3-5H2,1-2H3,(H,18,20). The zero-order valence-electron chi connectivity index (χ0n) is 11.7. The van der Waals surface area contributed by atoms with Crippen molar-refractivity contribution in [3.8, 4) is 0 Å². The highest BCUT2D eigenvalue weighted by molar-refractivity contribution is 6.34. The zero-order chi connectivity index (χ0) is 15.8. The second kappa shape index (κ2) is 5.60. The number of hydrogen-bond acceptors (Lipinski definition) is 2. The Labute approximate surface area is 126 Å². The van der Waals surface area contributed by atoms with Crippen LogP contribution in [0.5, 0.6) is 0 Å². The van der Waals surface area contributed by atoms with Crippen LogP contribution in [-0.4, -0.2) is 23.9 Å². The third kappa shape index (κ3) is 2.85. The van der Waals surface area contributed by atoms with Gasteiger partial charge in [0.15, 0.2) is 5.82 Å². The maximum absolute atomic E-state index is 14.0. The molecule has 0 radical (unpaired) electrons. The van der Waals surface area contributed by atoms with Crippen LogP contribution in [-0.2, 0) is 9.59 Å². The van der Waals surface area contributed by atoms with Gasteiger partial charge in [-0.25, -0.2) is 8.78 Å². The number of nitrogens with zero attached hydrogens (tertiary/aromatic N) is 1. The number of hydrogen-bond donors (Lipinski definition) is 1. The van der Waals surface area contributed by atoms with Crippen LogP contribution >= 0.6 is 11.6 Å². The molecule has 0 aromatic heterocycles. The highest BCUT2D eigenvalue weighted by Gasteiger charge is 2.41. The minimum atomic E-state index is -1.14. The van der Waals surface area contributed by atoms with Crippen LogP contribution in [0, 0.1) is 11.6 Å². The molecule has 21 heavy (non-hydrogen) atoms. The van der Waals surface area contributed by atoms with E-state index in [0.29, 0.717) is 12.5 Å². The number of halogens is 3. The number of rotatable bonds is 2. The minimum Gasteiger partial charge on any atom is -0.342 e. The van der Waals surface area contributed by atoms with Gasteiger partial charge in [-0.1, -0.05) is 18.5 Å². The molecule has 2 rings (SSSR count). The smallest absolute Gasteiger partial charge is 0.252 e. The molecule has 1 N–H and O–H groups in total. The van der Waals surface area contributed by atoms with Gasteiger partial charge >= 0.3 is 0 Å². The van der Waals surface area contributed by atoms with E-state index in [2.05, 4.69) is 5.32 Å². The average Bonchev–Trinajstić information content (AvgIpc) is 2.49. The van der Waals surface area contributed by atoms with Crippen LogP contribution in [0.4, 0.5) is 14.5 Å². The van der Waals surface area contributed by atoms with E-state index >= 15 is 0 Å². The fourth-order valence-electron chi connectivity index (χ4n) is 2.28. The molecule has 1 aromatic rings. The number of benzene rings is 1. The van der Waals surface area contributed by atoms with Gasteiger partial charge in [0.2, 0.25) is 5.91 Å². The van der Waals surface area contributed by atoms with E-state index in [1.807, 2.05) is 0 Å². The van der Waals surface area contributed by atoms with Crippen LogP contribution in [0.15, 0.2) is 12.1 Å². The summed E-state index contributed by atoms with van der Waals surface area (Å²) in [6.07, 6.45) is 0.364. The summed E-state index contributed by atoms with van der Waals surface area (Å²) in [7, 11) is 0. The molecule has 1 aliphatic rings. The fraction of sp³-hybridized carbons (Fsp3) is 0.429. The summed E-state index contributed by atoms with van der Waals surface area (Å²) in [6.45, 7) is 3.30. The average molecular weight is 317 g/mol. The molecular weight excluding hydrogens is 302 g/mol. The maximum atomic E-state index is 14.0. The van der Waals surface area contributed by atoms with Crippen LogP contribution in [0.1, 0.15) is 26.7 Å². The summed E-state index contributed by atoms with van der Waals surface area (Å²) in [6, 6.07) is 1.61. The molecule has 1 unspecified atom stereocenters. The van der Waals surface area contributed by atoms with E-state index in [1.165, 1.54) is 0 Å². The maximum Gasteiger partial charge on any atom is 0.252 e. The van der Waals surface area contributed by atoms with Gasteiger partial charge < -0.3 is 10.2 Å². The second-order valence-electron chi connectivity index (χ2n) is 5.16. The van der Waals surface area contributed by atoms with E-state index in [9.17, 15) is 18.4 Å². The van der Waals surface area contributed by atoms with Gasteiger partial charge in [0.05, 0.1) is 10.7 Å². The van der Waals surface area contributed by atoms with Gasteiger partial charge in [-0.05, 0) is 19.4 Å². The largest absolute Gasteiger partial charge is 0.342 e. The number of anilines is 1. The molecule has 1 saturated heterocycles. The van der Waals surface area contributed by atoms with Crippen molar-refractivity contribution < 1.29 is 18.4 Å². The van der Waals surface area contributed by atoms with Gasteiger partial charge in [-0.2, -0.15) is 0 Å². The summed E-state index contributed by atoms with van der Waals surface area (Å²) in [4.78, 5) is 25.5. The molecule has 1 atom stereocenters. The zero-order valence-corrected chi connectivity index (χ0v) is 12.4. The van der Waals surface area contributed by atoms with Crippen LogP contribution in [0.3, 0.4) is 0 Å². The Kier molecular flexibility index (Phi) is 4.18.